The van der Waals surface area contributed by atoms with Crippen LogP contribution in [0.25, 0.3) is 22.6 Å². The molecule has 2 heterocycles. The lowest BCUT2D eigenvalue weighted by Gasteiger charge is -2.21. The van der Waals surface area contributed by atoms with E-state index < -0.39 is 0 Å². The molecule has 0 bridgehead atoms. The number of nitrogens with zero attached hydrogens (tertiary/aromatic N) is 3. The molecule has 0 amide bonds. The fraction of sp³-hybridized carbons (Fsp3) is 0.294. The molecule has 40 heavy (non-hydrogen) atoms. The predicted molar refractivity (Wildman–Crippen MR) is 171 cm³/mol. The lowest BCUT2D eigenvalue weighted by atomic mass is 9.94. The summed E-state index contributed by atoms with van der Waals surface area (Å²) in [5.74, 6) is 1.35. The predicted octanol–water partition coefficient (Wildman–Crippen LogP) is 7.10. The van der Waals surface area contributed by atoms with Crippen LogP contribution in [0.15, 0.2) is 91.2 Å². The van der Waals surface area contributed by atoms with Gasteiger partial charge in [-0.15, -0.1) is 0 Å². The van der Waals surface area contributed by atoms with Crippen molar-refractivity contribution < 1.29 is 0 Å². The molecule has 5 rings (SSSR count). The first-order valence-corrected chi connectivity index (χ1v) is 14.1. The summed E-state index contributed by atoms with van der Waals surface area (Å²) < 4.78 is 1.91. The first-order valence-electron chi connectivity index (χ1n) is 14.1. The Hall–Kier alpha value is -4.16. The quantitative estimate of drug-likeness (QED) is 0.224. The van der Waals surface area contributed by atoms with Crippen molar-refractivity contribution in [2.45, 2.75) is 41.0 Å². The van der Waals surface area contributed by atoms with E-state index in [9.17, 15) is 0 Å². The highest BCUT2D eigenvalue weighted by Gasteiger charge is 2.15. The van der Waals surface area contributed by atoms with E-state index in [0.29, 0.717) is 5.92 Å². The third-order valence-electron chi connectivity index (χ3n) is 6.75. The molecular weight excluding hydrogens is 492 g/mol. The van der Waals surface area contributed by atoms with Crippen LogP contribution in [0.2, 0.25) is 0 Å². The second-order valence-electron chi connectivity index (χ2n) is 9.66. The molecule has 0 saturated heterocycles. The summed E-state index contributed by atoms with van der Waals surface area (Å²) in [6, 6.07) is 18.9. The Bertz CT molecular complexity index is 1480. The SMILES string of the molecule is C=C(NCC1=CC=CC(CNc2cc(-c3ccccc3C)nc3c(C)cnn23)C1)c1cccc(C)c1.CC.CN. The molecule has 210 valence electrons. The third-order valence-corrected chi connectivity index (χ3v) is 6.75. The number of benzene rings is 2. The molecule has 0 spiro atoms. The lowest BCUT2D eigenvalue weighted by molar-refractivity contribution is 0.649. The number of aryl methyl sites for hydroxylation is 3. The zero-order valence-electron chi connectivity index (χ0n) is 24.8. The Balaban J connectivity index is 0.00000106. The molecule has 4 N–H and O–H groups in total. The molecule has 4 aromatic rings. The van der Waals surface area contributed by atoms with Gasteiger partial charge in [0.1, 0.15) is 5.82 Å². The fourth-order valence-electron chi connectivity index (χ4n) is 4.68. The summed E-state index contributed by atoms with van der Waals surface area (Å²) in [6.45, 7) is 16.1. The number of hydrogen-bond donors (Lipinski definition) is 3. The van der Waals surface area contributed by atoms with E-state index in [-0.39, 0.29) is 0 Å². The maximum atomic E-state index is 4.93. The molecule has 0 saturated carbocycles. The maximum absolute atomic E-state index is 4.93. The summed E-state index contributed by atoms with van der Waals surface area (Å²) in [4.78, 5) is 4.93. The minimum absolute atomic E-state index is 0.390. The Morgan fingerprint density at radius 2 is 1.80 bits per heavy atom. The molecular formula is C34H44N6. The maximum Gasteiger partial charge on any atom is 0.160 e. The summed E-state index contributed by atoms with van der Waals surface area (Å²) >= 11 is 0. The Morgan fingerprint density at radius 1 is 1.02 bits per heavy atom. The highest BCUT2D eigenvalue weighted by Crippen LogP contribution is 2.27. The number of nitrogens with one attached hydrogen (secondary N) is 2. The number of anilines is 1. The third kappa shape index (κ3) is 7.48. The first kappa shape index (κ1) is 30.4. The van der Waals surface area contributed by atoms with Gasteiger partial charge in [0, 0.05) is 36.0 Å². The first-order chi connectivity index (χ1) is 19.5. The number of rotatable bonds is 8. The molecule has 6 nitrogen and oxygen atoms in total. The van der Waals surface area contributed by atoms with E-state index in [2.05, 4.69) is 122 Å². The summed E-state index contributed by atoms with van der Waals surface area (Å²) in [7, 11) is 1.50. The van der Waals surface area contributed by atoms with Crippen LogP contribution in [0, 0.1) is 26.7 Å². The molecule has 1 unspecified atom stereocenters. The van der Waals surface area contributed by atoms with Gasteiger partial charge in [-0.25, -0.2) is 4.98 Å². The van der Waals surface area contributed by atoms with Gasteiger partial charge in [-0.1, -0.05) is 92.3 Å². The largest absolute Gasteiger partial charge is 0.381 e. The highest BCUT2D eigenvalue weighted by atomic mass is 15.3. The van der Waals surface area contributed by atoms with Crippen LogP contribution in [-0.4, -0.2) is 34.7 Å². The monoisotopic (exact) mass is 536 g/mol. The van der Waals surface area contributed by atoms with Crippen LogP contribution in [0.1, 0.15) is 42.5 Å². The van der Waals surface area contributed by atoms with Crippen LogP contribution in [0.5, 0.6) is 0 Å². The normalized spacial score (nSPS) is 13.9. The molecule has 2 aromatic carbocycles. The average Bonchev–Trinajstić information content (AvgIpc) is 3.37. The number of fused-ring (bicyclic) bond motifs is 1. The Kier molecular flexibility index (Phi) is 11.3. The molecule has 0 fully saturated rings. The average molecular weight is 537 g/mol. The molecule has 1 atom stereocenters. The van der Waals surface area contributed by atoms with Gasteiger partial charge in [-0.2, -0.15) is 9.61 Å². The number of hydrogen-bond acceptors (Lipinski definition) is 5. The Morgan fingerprint density at radius 3 is 2.55 bits per heavy atom. The van der Waals surface area contributed by atoms with Crippen LogP contribution >= 0.6 is 0 Å². The van der Waals surface area contributed by atoms with Gasteiger partial charge in [0.15, 0.2) is 5.65 Å². The van der Waals surface area contributed by atoms with Gasteiger partial charge in [0.05, 0.1) is 11.9 Å². The van der Waals surface area contributed by atoms with Crippen molar-refractivity contribution in [3.8, 4) is 11.3 Å². The van der Waals surface area contributed by atoms with Crippen LogP contribution in [0.3, 0.4) is 0 Å². The second-order valence-corrected chi connectivity index (χ2v) is 9.66. The Labute approximate surface area is 239 Å². The molecule has 1 aliphatic carbocycles. The minimum atomic E-state index is 0.390. The van der Waals surface area contributed by atoms with E-state index in [4.69, 9.17) is 4.98 Å². The van der Waals surface area contributed by atoms with Crippen molar-refractivity contribution in [1.29, 1.82) is 0 Å². The minimum Gasteiger partial charge on any atom is -0.381 e. The number of aromatic nitrogens is 3. The van der Waals surface area contributed by atoms with Crippen molar-refractivity contribution in [3.05, 3.63) is 113 Å². The summed E-state index contributed by atoms with van der Waals surface area (Å²) in [5.41, 5.74) is 14.5. The van der Waals surface area contributed by atoms with Gasteiger partial charge in [-0.3, -0.25) is 0 Å². The zero-order chi connectivity index (χ0) is 29.1. The zero-order valence-corrected chi connectivity index (χ0v) is 24.8. The molecule has 6 heteroatoms. The van der Waals surface area contributed by atoms with E-state index in [1.165, 1.54) is 23.7 Å². The van der Waals surface area contributed by atoms with Crippen molar-refractivity contribution in [2.75, 3.05) is 25.5 Å². The van der Waals surface area contributed by atoms with Crippen molar-refractivity contribution >= 4 is 17.2 Å². The highest BCUT2D eigenvalue weighted by molar-refractivity contribution is 5.70. The summed E-state index contributed by atoms with van der Waals surface area (Å²) in [6.07, 6.45) is 9.53. The lowest BCUT2D eigenvalue weighted by Crippen LogP contribution is -2.21. The van der Waals surface area contributed by atoms with Gasteiger partial charge < -0.3 is 16.4 Å². The topological polar surface area (TPSA) is 80.3 Å². The van der Waals surface area contributed by atoms with Crippen molar-refractivity contribution in [1.82, 2.24) is 19.9 Å². The standard InChI is InChI=1S/C31H33N5.C2H6.CH5N/c1-21-9-7-13-27(15-21)24(4)32-19-25-11-8-12-26(16-25)20-33-30-17-29(28-14-6-5-10-22(28)2)35-31-23(3)18-34-36(30)31;2*1-2/h5-15,17-18,26,32-33H,4,16,19-20H2,1-3H3;1-2H3;2H2,1H3. The molecule has 0 aliphatic heterocycles. The van der Waals surface area contributed by atoms with Gasteiger partial charge in [-0.05, 0) is 57.4 Å². The van der Waals surface area contributed by atoms with Gasteiger partial charge in [0.25, 0.3) is 0 Å². The fourth-order valence-corrected chi connectivity index (χ4v) is 4.68. The van der Waals surface area contributed by atoms with Crippen molar-refractivity contribution in [3.63, 3.8) is 0 Å². The molecule has 0 radical (unpaired) electrons. The van der Waals surface area contributed by atoms with E-state index >= 15 is 0 Å². The van der Waals surface area contributed by atoms with Crippen LogP contribution in [-0.2, 0) is 0 Å². The van der Waals surface area contributed by atoms with E-state index in [1.807, 2.05) is 24.6 Å². The van der Waals surface area contributed by atoms with Gasteiger partial charge in [0.2, 0.25) is 0 Å². The van der Waals surface area contributed by atoms with E-state index in [1.54, 1.807) is 0 Å². The van der Waals surface area contributed by atoms with Crippen molar-refractivity contribution in [2.24, 2.45) is 11.7 Å². The van der Waals surface area contributed by atoms with Crippen LogP contribution < -0.4 is 16.4 Å². The number of nitrogens with two attached hydrogens (primary N) is 1. The van der Waals surface area contributed by atoms with E-state index in [0.717, 1.165) is 59.1 Å². The van der Waals surface area contributed by atoms with Crippen LogP contribution in [0.4, 0.5) is 5.82 Å². The number of allylic oxidation sites excluding steroid dienone is 2. The second kappa shape index (κ2) is 14.8. The summed E-state index contributed by atoms with van der Waals surface area (Å²) in [5, 5.41) is 11.8. The van der Waals surface area contributed by atoms with Gasteiger partial charge >= 0.3 is 0 Å². The molecule has 1 aliphatic rings. The molecule has 2 aromatic heterocycles. The smallest absolute Gasteiger partial charge is 0.160 e.